The van der Waals surface area contributed by atoms with Gasteiger partial charge in [-0.3, -0.25) is 0 Å². The van der Waals surface area contributed by atoms with Crippen LogP contribution in [-0.2, 0) is 6.42 Å². The Kier molecular flexibility index (Phi) is 7.55. The maximum atomic E-state index is 13.0. The minimum Gasteiger partial charge on any atom is -0.314 e. The molecule has 1 rings (SSSR count). The van der Waals surface area contributed by atoms with Crippen LogP contribution in [0.25, 0.3) is 0 Å². The molecule has 0 bridgehead atoms. The molecule has 19 heavy (non-hydrogen) atoms. The van der Waals surface area contributed by atoms with Crippen molar-refractivity contribution in [3.05, 3.63) is 34.6 Å². The highest BCUT2D eigenvalue weighted by Gasteiger charge is 2.11. The zero-order valence-corrected chi connectivity index (χ0v) is 12.1. The molecule has 0 heterocycles. The first-order valence-corrected chi connectivity index (χ1v) is 7.16. The Labute approximate surface area is 120 Å². The molecule has 0 fully saturated rings. The second-order valence-corrected chi connectivity index (χ2v) is 5.09. The lowest BCUT2D eigenvalue weighted by atomic mass is 10.0. The fourth-order valence-corrected chi connectivity index (χ4v) is 2.27. The minimum atomic E-state index is -0.292. The van der Waals surface area contributed by atoms with E-state index in [2.05, 4.69) is 18.2 Å². The molecule has 1 N–H and O–H groups in total. The summed E-state index contributed by atoms with van der Waals surface area (Å²) >= 11 is 6.07. The summed E-state index contributed by atoms with van der Waals surface area (Å²) in [4.78, 5) is 0. The highest BCUT2D eigenvalue weighted by atomic mass is 35.5. The molecule has 0 aromatic heterocycles. The second-order valence-electron chi connectivity index (χ2n) is 4.69. The fraction of sp³-hybridized carbons (Fsp3) is 0.500. The van der Waals surface area contributed by atoms with E-state index in [0.717, 1.165) is 44.2 Å². The van der Waals surface area contributed by atoms with E-state index >= 15 is 0 Å². The Balaban J connectivity index is 2.61. The Morgan fingerprint density at radius 2 is 2.26 bits per heavy atom. The monoisotopic (exact) mass is 281 g/mol. The molecule has 0 radical (unpaired) electrons. The molecule has 0 aliphatic heterocycles. The van der Waals surface area contributed by atoms with Crippen LogP contribution in [0.15, 0.2) is 18.2 Å². The molecule has 0 saturated carbocycles. The van der Waals surface area contributed by atoms with Crippen molar-refractivity contribution in [2.24, 2.45) is 0 Å². The van der Waals surface area contributed by atoms with Gasteiger partial charge in [0.05, 0.1) is 0 Å². The van der Waals surface area contributed by atoms with Crippen molar-refractivity contribution in [3.8, 4) is 12.3 Å². The summed E-state index contributed by atoms with van der Waals surface area (Å²) in [5.74, 6) is 2.37. The van der Waals surface area contributed by atoms with Crippen LogP contribution in [-0.4, -0.2) is 12.6 Å². The Hall–Kier alpha value is -1.04. The number of hydrogen-bond donors (Lipinski definition) is 1. The van der Waals surface area contributed by atoms with E-state index < -0.39 is 0 Å². The average molecular weight is 282 g/mol. The minimum absolute atomic E-state index is 0.292. The van der Waals surface area contributed by atoms with Gasteiger partial charge >= 0.3 is 0 Å². The van der Waals surface area contributed by atoms with Gasteiger partial charge in [0.15, 0.2) is 0 Å². The normalized spacial score (nSPS) is 12.1. The summed E-state index contributed by atoms with van der Waals surface area (Å²) < 4.78 is 13.0. The molecule has 1 aromatic rings. The van der Waals surface area contributed by atoms with Crippen LogP contribution in [0.5, 0.6) is 0 Å². The van der Waals surface area contributed by atoms with Crippen LogP contribution in [0.2, 0.25) is 5.02 Å². The molecule has 1 atom stereocenters. The van der Waals surface area contributed by atoms with E-state index in [-0.39, 0.29) is 5.82 Å². The molecular formula is C16H21ClFN. The lowest BCUT2D eigenvalue weighted by Crippen LogP contribution is -2.31. The number of rotatable bonds is 8. The highest BCUT2D eigenvalue weighted by molar-refractivity contribution is 6.31. The fourth-order valence-electron chi connectivity index (χ4n) is 2.03. The summed E-state index contributed by atoms with van der Waals surface area (Å²) in [5, 5.41) is 4.00. The van der Waals surface area contributed by atoms with Crippen LogP contribution in [0.3, 0.4) is 0 Å². The number of unbranched alkanes of at least 4 members (excludes halogenated alkanes) is 1. The SMILES string of the molecule is C#CCCCC(Cc1ccc(F)cc1Cl)NCCC. The first-order chi connectivity index (χ1) is 9.17. The van der Waals surface area contributed by atoms with Crippen molar-refractivity contribution in [1.82, 2.24) is 5.32 Å². The molecule has 1 unspecified atom stereocenters. The number of hydrogen-bond acceptors (Lipinski definition) is 1. The predicted molar refractivity (Wildman–Crippen MR) is 79.9 cm³/mol. The number of halogens is 2. The number of benzene rings is 1. The van der Waals surface area contributed by atoms with Crippen molar-refractivity contribution in [1.29, 1.82) is 0 Å². The molecule has 0 aliphatic rings. The quantitative estimate of drug-likeness (QED) is 0.556. The molecule has 1 nitrogen and oxygen atoms in total. The molecule has 0 aliphatic carbocycles. The Morgan fingerprint density at radius 1 is 1.47 bits per heavy atom. The van der Waals surface area contributed by atoms with Crippen molar-refractivity contribution in [3.63, 3.8) is 0 Å². The average Bonchev–Trinajstić information content (AvgIpc) is 2.39. The highest BCUT2D eigenvalue weighted by Crippen LogP contribution is 2.20. The standard InChI is InChI=1S/C16H21ClFN/c1-3-5-6-7-15(19-10-4-2)11-13-8-9-14(18)12-16(13)17/h1,8-9,12,15,19H,4-7,10-11H2,2H3. The summed E-state index contributed by atoms with van der Waals surface area (Å²) in [6, 6.07) is 4.94. The van der Waals surface area contributed by atoms with Gasteiger partial charge in [0.25, 0.3) is 0 Å². The second kappa shape index (κ2) is 8.96. The van der Waals surface area contributed by atoms with E-state index in [1.165, 1.54) is 12.1 Å². The van der Waals surface area contributed by atoms with Gasteiger partial charge in [-0.05, 0) is 49.9 Å². The molecule has 104 valence electrons. The van der Waals surface area contributed by atoms with Gasteiger partial charge in [-0.15, -0.1) is 12.3 Å². The molecule has 3 heteroatoms. The topological polar surface area (TPSA) is 12.0 Å². The largest absolute Gasteiger partial charge is 0.314 e. The number of nitrogens with one attached hydrogen (secondary N) is 1. The van der Waals surface area contributed by atoms with Gasteiger partial charge in [-0.1, -0.05) is 24.6 Å². The first kappa shape index (κ1) is 16.0. The summed E-state index contributed by atoms with van der Waals surface area (Å²) in [6.07, 6.45) is 9.97. The van der Waals surface area contributed by atoms with Crippen LogP contribution in [0.1, 0.15) is 38.2 Å². The smallest absolute Gasteiger partial charge is 0.124 e. The van der Waals surface area contributed by atoms with Gasteiger partial charge in [0, 0.05) is 17.5 Å². The van der Waals surface area contributed by atoms with Crippen LogP contribution in [0, 0.1) is 18.2 Å². The van der Waals surface area contributed by atoms with Gasteiger partial charge in [0.1, 0.15) is 5.82 Å². The molecule has 1 aromatic carbocycles. The van der Waals surface area contributed by atoms with Gasteiger partial charge in [-0.25, -0.2) is 4.39 Å². The lowest BCUT2D eigenvalue weighted by Gasteiger charge is -2.19. The number of terminal acetylenes is 1. The van der Waals surface area contributed by atoms with Crippen LogP contribution >= 0.6 is 11.6 Å². The van der Waals surface area contributed by atoms with Crippen molar-refractivity contribution >= 4 is 11.6 Å². The Bertz CT molecular complexity index is 425. The Morgan fingerprint density at radius 3 is 2.89 bits per heavy atom. The van der Waals surface area contributed by atoms with E-state index in [4.69, 9.17) is 18.0 Å². The zero-order valence-electron chi connectivity index (χ0n) is 11.4. The van der Waals surface area contributed by atoms with Gasteiger partial charge in [0.2, 0.25) is 0 Å². The third-order valence-electron chi connectivity index (χ3n) is 3.04. The summed E-state index contributed by atoms with van der Waals surface area (Å²) in [7, 11) is 0. The lowest BCUT2D eigenvalue weighted by molar-refractivity contribution is 0.467. The van der Waals surface area contributed by atoms with E-state index in [9.17, 15) is 4.39 Å². The molecule has 0 spiro atoms. The predicted octanol–water partition coefficient (Wildman–Crippen LogP) is 4.19. The van der Waals surface area contributed by atoms with Gasteiger partial charge in [-0.2, -0.15) is 0 Å². The third-order valence-corrected chi connectivity index (χ3v) is 3.39. The molecule has 0 amide bonds. The first-order valence-electron chi connectivity index (χ1n) is 6.78. The van der Waals surface area contributed by atoms with Gasteiger partial charge < -0.3 is 5.32 Å². The van der Waals surface area contributed by atoms with Crippen molar-refractivity contribution in [2.45, 2.75) is 45.1 Å². The van der Waals surface area contributed by atoms with E-state index in [0.29, 0.717) is 11.1 Å². The zero-order chi connectivity index (χ0) is 14.1. The van der Waals surface area contributed by atoms with Crippen molar-refractivity contribution < 1.29 is 4.39 Å². The molecular weight excluding hydrogens is 261 g/mol. The van der Waals surface area contributed by atoms with E-state index in [1.807, 2.05) is 0 Å². The van der Waals surface area contributed by atoms with Crippen LogP contribution < -0.4 is 5.32 Å². The summed E-state index contributed by atoms with van der Waals surface area (Å²) in [6.45, 7) is 3.11. The summed E-state index contributed by atoms with van der Waals surface area (Å²) in [5.41, 5.74) is 0.984. The third kappa shape index (κ3) is 6.09. The van der Waals surface area contributed by atoms with Crippen molar-refractivity contribution in [2.75, 3.05) is 6.54 Å². The maximum Gasteiger partial charge on any atom is 0.124 e. The van der Waals surface area contributed by atoms with E-state index in [1.54, 1.807) is 6.07 Å². The molecule has 0 saturated heterocycles. The maximum absolute atomic E-state index is 13.0. The van der Waals surface area contributed by atoms with Crippen LogP contribution in [0.4, 0.5) is 4.39 Å².